The van der Waals surface area contributed by atoms with Crippen LogP contribution < -0.4 is 4.90 Å². The van der Waals surface area contributed by atoms with Crippen molar-refractivity contribution in [2.45, 2.75) is 4.90 Å². The van der Waals surface area contributed by atoms with Gasteiger partial charge in [-0.1, -0.05) is 6.07 Å². The van der Waals surface area contributed by atoms with E-state index in [2.05, 4.69) is 20.1 Å². The number of rotatable bonds is 4. The van der Waals surface area contributed by atoms with Crippen LogP contribution in [0.4, 0.5) is 10.2 Å². The van der Waals surface area contributed by atoms with Crippen molar-refractivity contribution in [1.29, 1.82) is 0 Å². The minimum Gasteiger partial charge on any atom is -0.354 e. The highest BCUT2D eigenvalue weighted by Crippen LogP contribution is 2.21. The van der Waals surface area contributed by atoms with Crippen LogP contribution in [0.25, 0.3) is 5.82 Å². The van der Waals surface area contributed by atoms with Gasteiger partial charge in [-0.2, -0.15) is 9.40 Å². The number of hydrogen-bond donors (Lipinski definition) is 0. The molecule has 3 aromatic rings. The summed E-state index contributed by atoms with van der Waals surface area (Å²) in [6.45, 7) is 1.48. The molecule has 0 N–H and O–H groups in total. The zero-order valence-electron chi connectivity index (χ0n) is 14.2. The summed E-state index contributed by atoms with van der Waals surface area (Å²) in [6, 6.07) is 6.82. The molecule has 0 saturated carbocycles. The van der Waals surface area contributed by atoms with Gasteiger partial charge in [-0.15, -0.1) is 0 Å². The second-order valence-electron chi connectivity index (χ2n) is 5.92. The van der Waals surface area contributed by atoms with E-state index >= 15 is 0 Å². The monoisotopic (exact) mass is 389 g/mol. The molecule has 0 spiro atoms. The second-order valence-corrected chi connectivity index (χ2v) is 7.86. The Hall–Kier alpha value is -2.92. The summed E-state index contributed by atoms with van der Waals surface area (Å²) in [6.07, 6.45) is 4.38. The molecule has 2 aromatic heterocycles. The molecule has 0 amide bonds. The summed E-state index contributed by atoms with van der Waals surface area (Å²) in [7, 11) is -3.72. The maximum atomic E-state index is 13.4. The Bertz CT molecular complexity index is 1030. The standard InChI is InChI=1S/C16H16FN7O2S/c17-13-2-1-3-14(8-13)27(25,26)23-6-4-22(5-7-23)15-9-16(20-11-19-15)24-12-18-10-21-24/h1-3,8-12H,4-7H2. The minimum absolute atomic E-state index is 0.0357. The first kappa shape index (κ1) is 17.5. The first-order valence-corrected chi connectivity index (χ1v) is 9.66. The van der Waals surface area contributed by atoms with Crippen molar-refractivity contribution in [3.63, 3.8) is 0 Å². The predicted octanol–water partition coefficient (Wildman–Crippen LogP) is 0.707. The van der Waals surface area contributed by atoms with Gasteiger partial charge in [0.05, 0.1) is 4.90 Å². The zero-order chi connectivity index (χ0) is 18.9. The number of aromatic nitrogens is 5. The maximum absolute atomic E-state index is 13.4. The van der Waals surface area contributed by atoms with Gasteiger partial charge in [-0.05, 0) is 18.2 Å². The fourth-order valence-electron chi connectivity index (χ4n) is 2.90. The van der Waals surface area contributed by atoms with Crippen LogP contribution >= 0.6 is 0 Å². The van der Waals surface area contributed by atoms with Gasteiger partial charge in [-0.25, -0.2) is 32.4 Å². The van der Waals surface area contributed by atoms with Crippen molar-refractivity contribution < 1.29 is 12.8 Å². The van der Waals surface area contributed by atoms with Gasteiger partial charge >= 0.3 is 0 Å². The maximum Gasteiger partial charge on any atom is 0.243 e. The largest absolute Gasteiger partial charge is 0.354 e. The summed E-state index contributed by atoms with van der Waals surface area (Å²) in [5.41, 5.74) is 0. The Morgan fingerprint density at radius 3 is 2.44 bits per heavy atom. The molecule has 11 heteroatoms. The highest BCUT2D eigenvalue weighted by atomic mass is 32.2. The summed E-state index contributed by atoms with van der Waals surface area (Å²) in [4.78, 5) is 14.3. The molecule has 0 atom stereocenters. The van der Waals surface area contributed by atoms with Crippen LogP contribution in [-0.4, -0.2) is 63.6 Å². The molecule has 0 aliphatic carbocycles. The molecule has 3 heterocycles. The summed E-state index contributed by atoms with van der Waals surface area (Å²) >= 11 is 0. The highest BCUT2D eigenvalue weighted by molar-refractivity contribution is 7.89. The van der Waals surface area contributed by atoms with Gasteiger partial charge in [-0.3, -0.25) is 0 Å². The fourth-order valence-corrected chi connectivity index (χ4v) is 4.35. The van der Waals surface area contributed by atoms with Crippen molar-refractivity contribution in [3.8, 4) is 5.82 Å². The van der Waals surface area contributed by atoms with E-state index < -0.39 is 15.8 Å². The Labute approximate surface area is 155 Å². The van der Waals surface area contributed by atoms with E-state index in [1.807, 2.05) is 4.90 Å². The lowest BCUT2D eigenvalue weighted by Crippen LogP contribution is -2.49. The van der Waals surface area contributed by atoms with E-state index in [0.717, 1.165) is 6.07 Å². The Morgan fingerprint density at radius 2 is 1.74 bits per heavy atom. The lowest BCUT2D eigenvalue weighted by Gasteiger charge is -2.34. The summed E-state index contributed by atoms with van der Waals surface area (Å²) in [5.74, 6) is 0.682. The van der Waals surface area contributed by atoms with Crippen LogP contribution in [0.5, 0.6) is 0 Å². The van der Waals surface area contributed by atoms with Gasteiger partial charge in [0.25, 0.3) is 0 Å². The summed E-state index contributed by atoms with van der Waals surface area (Å²) < 4.78 is 41.6. The first-order chi connectivity index (χ1) is 13.0. The molecule has 140 valence electrons. The minimum atomic E-state index is -3.72. The third kappa shape index (κ3) is 3.51. The number of sulfonamides is 1. The van der Waals surface area contributed by atoms with Crippen LogP contribution in [0.2, 0.25) is 0 Å². The van der Waals surface area contributed by atoms with Gasteiger partial charge in [0.15, 0.2) is 5.82 Å². The van der Waals surface area contributed by atoms with Crippen molar-refractivity contribution >= 4 is 15.8 Å². The number of piperazine rings is 1. The molecular formula is C16H16FN7O2S. The van der Waals surface area contributed by atoms with E-state index in [9.17, 15) is 12.8 Å². The summed E-state index contributed by atoms with van der Waals surface area (Å²) in [5, 5.41) is 4.04. The molecule has 4 rings (SSSR count). The first-order valence-electron chi connectivity index (χ1n) is 8.22. The molecule has 27 heavy (non-hydrogen) atoms. The van der Waals surface area contributed by atoms with Crippen LogP contribution in [0.1, 0.15) is 0 Å². The number of hydrogen-bond acceptors (Lipinski definition) is 7. The van der Waals surface area contributed by atoms with Gasteiger partial charge < -0.3 is 4.90 Å². The lowest BCUT2D eigenvalue weighted by atomic mass is 10.3. The Balaban J connectivity index is 1.49. The molecule has 0 bridgehead atoms. The molecule has 0 radical (unpaired) electrons. The molecule has 1 fully saturated rings. The fraction of sp³-hybridized carbons (Fsp3) is 0.250. The quantitative estimate of drug-likeness (QED) is 0.648. The molecule has 1 aliphatic rings. The normalized spacial score (nSPS) is 15.8. The number of benzene rings is 1. The topological polar surface area (TPSA) is 97.1 Å². The predicted molar refractivity (Wildman–Crippen MR) is 94.3 cm³/mol. The molecule has 1 saturated heterocycles. The average Bonchev–Trinajstić information content (AvgIpc) is 3.23. The Morgan fingerprint density at radius 1 is 0.963 bits per heavy atom. The van der Waals surface area contributed by atoms with Crippen molar-refractivity contribution in [1.82, 2.24) is 29.0 Å². The second kappa shape index (κ2) is 7.00. The highest BCUT2D eigenvalue weighted by Gasteiger charge is 2.29. The van der Waals surface area contributed by atoms with E-state index in [0.29, 0.717) is 24.7 Å². The molecular weight excluding hydrogens is 373 g/mol. The Kier molecular flexibility index (Phi) is 4.54. The third-order valence-electron chi connectivity index (χ3n) is 4.29. The van der Waals surface area contributed by atoms with Crippen molar-refractivity contribution in [2.24, 2.45) is 0 Å². The lowest BCUT2D eigenvalue weighted by molar-refractivity contribution is 0.383. The number of nitrogens with zero attached hydrogens (tertiary/aromatic N) is 7. The van der Waals surface area contributed by atoms with E-state index in [1.165, 1.54) is 46.2 Å². The van der Waals surface area contributed by atoms with Gasteiger partial charge in [0.2, 0.25) is 10.0 Å². The van der Waals surface area contributed by atoms with E-state index in [-0.39, 0.29) is 18.0 Å². The van der Waals surface area contributed by atoms with Crippen LogP contribution in [0.15, 0.2) is 54.2 Å². The van der Waals surface area contributed by atoms with E-state index in [4.69, 9.17) is 0 Å². The molecule has 0 unspecified atom stereocenters. The van der Waals surface area contributed by atoms with Crippen LogP contribution in [0.3, 0.4) is 0 Å². The average molecular weight is 389 g/mol. The van der Waals surface area contributed by atoms with Crippen LogP contribution in [-0.2, 0) is 10.0 Å². The van der Waals surface area contributed by atoms with Crippen LogP contribution in [0, 0.1) is 5.82 Å². The van der Waals surface area contributed by atoms with Crippen molar-refractivity contribution in [2.75, 3.05) is 31.1 Å². The third-order valence-corrected chi connectivity index (χ3v) is 6.18. The number of halogens is 1. The SMILES string of the molecule is O=S(=O)(c1cccc(F)c1)N1CCN(c2cc(-n3cncn3)ncn2)CC1. The smallest absolute Gasteiger partial charge is 0.243 e. The molecule has 1 aliphatic heterocycles. The van der Waals surface area contributed by atoms with E-state index in [1.54, 1.807) is 6.07 Å². The zero-order valence-corrected chi connectivity index (χ0v) is 15.0. The van der Waals surface area contributed by atoms with Gasteiger partial charge in [0.1, 0.15) is 30.6 Å². The van der Waals surface area contributed by atoms with Crippen molar-refractivity contribution in [3.05, 3.63) is 55.1 Å². The van der Waals surface area contributed by atoms with Gasteiger partial charge in [0, 0.05) is 32.2 Å². The molecule has 9 nitrogen and oxygen atoms in total. The number of anilines is 1. The molecule has 1 aromatic carbocycles.